The predicted octanol–water partition coefficient (Wildman–Crippen LogP) is 0.551. The summed E-state index contributed by atoms with van der Waals surface area (Å²) in [4.78, 5) is 0. The molecule has 106 valence electrons. The van der Waals surface area contributed by atoms with Gasteiger partial charge in [-0.3, -0.25) is 0 Å². The number of aliphatic hydroxyl groups excluding tert-OH is 1. The number of aliphatic hydroxyl groups is 1. The first-order valence-electron chi connectivity index (χ1n) is 6.20. The molecule has 2 unspecified atom stereocenters. The van der Waals surface area contributed by atoms with Crippen LogP contribution < -0.4 is 10.5 Å². The normalized spacial score (nSPS) is 27.2. The summed E-state index contributed by atoms with van der Waals surface area (Å²) in [7, 11) is -3.21. The molecule has 1 saturated heterocycles. The molecule has 0 aliphatic carbocycles. The van der Waals surface area contributed by atoms with E-state index in [2.05, 4.69) is 0 Å². The van der Waals surface area contributed by atoms with Gasteiger partial charge in [0.15, 0.2) is 9.84 Å². The lowest BCUT2D eigenvalue weighted by atomic mass is 10.0. The Labute approximate surface area is 113 Å². The first-order valence-corrected chi connectivity index (χ1v) is 8.02. The minimum absolute atomic E-state index is 0.152. The average Bonchev–Trinajstić information content (AvgIpc) is 2.54. The molecule has 1 aliphatic rings. The number of rotatable bonds is 3. The summed E-state index contributed by atoms with van der Waals surface area (Å²) in [5.74, 6) is 0.152. The van der Waals surface area contributed by atoms with Crippen molar-refractivity contribution in [3.05, 3.63) is 29.3 Å². The van der Waals surface area contributed by atoms with E-state index in [1.54, 1.807) is 6.07 Å². The topological polar surface area (TPSA) is 89.6 Å². The molecule has 0 bridgehead atoms. The highest BCUT2D eigenvalue weighted by atomic mass is 32.2. The fourth-order valence-electron chi connectivity index (χ4n) is 2.20. The predicted molar refractivity (Wildman–Crippen MR) is 72.9 cm³/mol. The monoisotopic (exact) mass is 285 g/mol. The highest BCUT2D eigenvalue weighted by Crippen LogP contribution is 2.28. The lowest BCUT2D eigenvalue weighted by molar-refractivity contribution is 0.0729. The van der Waals surface area contributed by atoms with Gasteiger partial charge in [0.25, 0.3) is 0 Å². The van der Waals surface area contributed by atoms with Crippen LogP contribution in [0.3, 0.4) is 0 Å². The van der Waals surface area contributed by atoms with E-state index in [1.165, 1.54) is 0 Å². The molecule has 19 heavy (non-hydrogen) atoms. The summed E-state index contributed by atoms with van der Waals surface area (Å²) < 4.78 is 28.6. The summed E-state index contributed by atoms with van der Waals surface area (Å²) in [6.45, 7) is 3.79. The number of hydrogen-bond acceptors (Lipinski definition) is 5. The number of ether oxygens (including phenoxy) is 1. The molecule has 3 N–H and O–H groups in total. The van der Waals surface area contributed by atoms with E-state index in [9.17, 15) is 13.5 Å². The maximum Gasteiger partial charge on any atom is 0.156 e. The summed E-state index contributed by atoms with van der Waals surface area (Å²) in [6, 6.07) is 5.34. The van der Waals surface area contributed by atoms with Crippen molar-refractivity contribution in [2.45, 2.75) is 32.1 Å². The Kier molecular flexibility index (Phi) is 3.85. The Balaban J connectivity index is 2.25. The number of nitrogens with two attached hydrogens (primary N) is 1. The van der Waals surface area contributed by atoms with Crippen LogP contribution in [-0.4, -0.2) is 37.2 Å². The second-order valence-electron chi connectivity index (χ2n) is 5.13. The van der Waals surface area contributed by atoms with E-state index in [-0.39, 0.29) is 17.5 Å². The van der Waals surface area contributed by atoms with Crippen LogP contribution in [0.5, 0.6) is 5.75 Å². The molecule has 1 aromatic carbocycles. The molecule has 3 atom stereocenters. The zero-order valence-electron chi connectivity index (χ0n) is 11.0. The van der Waals surface area contributed by atoms with Gasteiger partial charge in [-0.25, -0.2) is 8.42 Å². The summed E-state index contributed by atoms with van der Waals surface area (Å²) in [6.07, 6.45) is -1.70. The standard InChI is InChI=1S/C13H19NO4S/c1-8-3-4-12(10(5-8)9(2)14)18-13-7-19(16,17)6-11(13)15/h3-5,9,11,13,15H,6-7,14H2,1-2H3/t9-,11?,13?/m0/s1. The summed E-state index contributed by atoms with van der Waals surface area (Å²) in [5, 5.41) is 9.73. The highest BCUT2D eigenvalue weighted by molar-refractivity contribution is 7.91. The van der Waals surface area contributed by atoms with Gasteiger partial charge < -0.3 is 15.6 Å². The Morgan fingerprint density at radius 2 is 2.11 bits per heavy atom. The largest absolute Gasteiger partial charge is 0.486 e. The number of aryl methyl sites for hydroxylation is 1. The molecule has 5 nitrogen and oxygen atoms in total. The maximum atomic E-state index is 11.4. The van der Waals surface area contributed by atoms with E-state index in [0.29, 0.717) is 5.75 Å². The third-order valence-corrected chi connectivity index (χ3v) is 4.89. The zero-order valence-corrected chi connectivity index (χ0v) is 11.9. The minimum Gasteiger partial charge on any atom is -0.486 e. The second-order valence-corrected chi connectivity index (χ2v) is 7.28. The molecule has 0 spiro atoms. The molecule has 0 amide bonds. The summed E-state index contributed by atoms with van der Waals surface area (Å²) in [5.41, 5.74) is 7.76. The van der Waals surface area contributed by atoms with Crippen molar-refractivity contribution in [3.63, 3.8) is 0 Å². The molecule has 1 fully saturated rings. The van der Waals surface area contributed by atoms with Crippen LogP contribution in [0.4, 0.5) is 0 Å². The van der Waals surface area contributed by atoms with Crippen molar-refractivity contribution in [1.82, 2.24) is 0 Å². The van der Waals surface area contributed by atoms with Crippen LogP contribution in [-0.2, 0) is 9.84 Å². The Bertz CT molecular complexity index is 568. The van der Waals surface area contributed by atoms with Crippen LogP contribution in [0.15, 0.2) is 18.2 Å². The molecular weight excluding hydrogens is 266 g/mol. The fraction of sp³-hybridized carbons (Fsp3) is 0.538. The molecule has 0 saturated carbocycles. The Hall–Kier alpha value is -1.11. The van der Waals surface area contributed by atoms with Gasteiger partial charge in [0.2, 0.25) is 0 Å². The van der Waals surface area contributed by atoms with E-state index in [0.717, 1.165) is 11.1 Å². The second kappa shape index (κ2) is 5.11. The number of benzene rings is 1. The zero-order chi connectivity index (χ0) is 14.2. The fourth-order valence-corrected chi connectivity index (χ4v) is 3.87. The molecule has 6 heteroatoms. The Morgan fingerprint density at radius 3 is 2.63 bits per heavy atom. The van der Waals surface area contributed by atoms with Crippen LogP contribution in [0.2, 0.25) is 0 Å². The number of sulfone groups is 1. The van der Waals surface area contributed by atoms with Gasteiger partial charge in [-0.15, -0.1) is 0 Å². The van der Waals surface area contributed by atoms with Gasteiger partial charge in [-0.05, 0) is 19.9 Å². The first-order chi connectivity index (χ1) is 8.78. The SMILES string of the molecule is Cc1ccc(OC2CS(=O)(=O)CC2O)c([C@H](C)N)c1. The van der Waals surface area contributed by atoms with Crippen molar-refractivity contribution in [3.8, 4) is 5.75 Å². The lowest BCUT2D eigenvalue weighted by Gasteiger charge is -2.20. The van der Waals surface area contributed by atoms with Crippen molar-refractivity contribution >= 4 is 9.84 Å². The minimum atomic E-state index is -3.21. The van der Waals surface area contributed by atoms with Crippen molar-refractivity contribution in [1.29, 1.82) is 0 Å². The van der Waals surface area contributed by atoms with Gasteiger partial charge >= 0.3 is 0 Å². The van der Waals surface area contributed by atoms with Crippen molar-refractivity contribution in [2.75, 3.05) is 11.5 Å². The van der Waals surface area contributed by atoms with Crippen LogP contribution >= 0.6 is 0 Å². The van der Waals surface area contributed by atoms with Gasteiger partial charge in [0.05, 0.1) is 11.5 Å². The molecular formula is C13H19NO4S. The molecule has 1 heterocycles. The average molecular weight is 285 g/mol. The van der Waals surface area contributed by atoms with E-state index < -0.39 is 22.0 Å². The lowest BCUT2D eigenvalue weighted by Crippen LogP contribution is -2.30. The van der Waals surface area contributed by atoms with Crippen LogP contribution in [0.1, 0.15) is 24.1 Å². The third-order valence-electron chi connectivity index (χ3n) is 3.21. The third kappa shape index (κ3) is 3.26. The van der Waals surface area contributed by atoms with Crippen LogP contribution in [0.25, 0.3) is 0 Å². The smallest absolute Gasteiger partial charge is 0.156 e. The maximum absolute atomic E-state index is 11.4. The van der Waals surface area contributed by atoms with E-state index in [4.69, 9.17) is 10.5 Å². The van der Waals surface area contributed by atoms with Gasteiger partial charge in [-0.2, -0.15) is 0 Å². The molecule has 1 aliphatic heterocycles. The molecule has 1 aromatic rings. The van der Waals surface area contributed by atoms with Crippen molar-refractivity contribution < 1.29 is 18.3 Å². The van der Waals surface area contributed by atoms with Crippen molar-refractivity contribution in [2.24, 2.45) is 5.73 Å². The molecule has 2 rings (SSSR count). The quantitative estimate of drug-likeness (QED) is 0.846. The Morgan fingerprint density at radius 1 is 1.42 bits per heavy atom. The van der Waals surface area contributed by atoms with E-state index in [1.807, 2.05) is 26.0 Å². The van der Waals surface area contributed by atoms with Gasteiger partial charge in [0.1, 0.15) is 18.0 Å². The first kappa shape index (κ1) is 14.3. The molecule has 0 aromatic heterocycles. The van der Waals surface area contributed by atoms with E-state index >= 15 is 0 Å². The highest BCUT2D eigenvalue weighted by Gasteiger charge is 2.38. The summed E-state index contributed by atoms with van der Waals surface area (Å²) >= 11 is 0. The van der Waals surface area contributed by atoms with Gasteiger partial charge in [0, 0.05) is 11.6 Å². The van der Waals surface area contributed by atoms with Gasteiger partial charge in [-0.1, -0.05) is 17.7 Å². The van der Waals surface area contributed by atoms with Crippen LogP contribution in [0, 0.1) is 6.92 Å². The molecule has 0 radical (unpaired) electrons. The number of hydrogen-bond donors (Lipinski definition) is 2.